The van der Waals surface area contributed by atoms with Crippen molar-refractivity contribution in [3.8, 4) is 0 Å². The topological polar surface area (TPSA) is 0 Å². The first-order chi connectivity index (χ1) is 5.19. The molecule has 0 aromatic rings. The van der Waals surface area contributed by atoms with E-state index in [9.17, 15) is 0 Å². The van der Waals surface area contributed by atoms with Crippen LogP contribution in [0.25, 0.3) is 0 Å². The molecule has 0 spiro atoms. The molecule has 1 rings (SSSR count). The van der Waals surface area contributed by atoms with E-state index in [4.69, 9.17) is 0 Å². The van der Waals surface area contributed by atoms with Crippen LogP contribution in [0.1, 0.15) is 41.5 Å². The Morgan fingerprint density at radius 1 is 1.17 bits per heavy atom. The molecule has 0 N–H and O–H groups in total. The summed E-state index contributed by atoms with van der Waals surface area (Å²) in [6.45, 7) is 14.4. The summed E-state index contributed by atoms with van der Waals surface area (Å²) in [5.74, 6) is 0.894. The van der Waals surface area contributed by atoms with Gasteiger partial charge in [-0.15, -0.1) is 0 Å². The monoisotopic (exact) mass is 187 g/mol. The van der Waals surface area contributed by atoms with Gasteiger partial charge in [-0.2, -0.15) is 0 Å². The van der Waals surface area contributed by atoms with E-state index in [1.807, 2.05) is 0 Å². The van der Waals surface area contributed by atoms with Crippen LogP contribution in [0.5, 0.6) is 0 Å². The fourth-order valence-corrected chi connectivity index (χ4v) is 5.66. The molecule has 0 aromatic heterocycles. The SMILES string of the molecule is C[C@@H]1[C@@H](C(C)(C)C)[S+](C)C1(C)C. The smallest absolute Gasteiger partial charge is 0.0554 e. The van der Waals surface area contributed by atoms with Crippen LogP contribution >= 0.6 is 0 Å². The van der Waals surface area contributed by atoms with Crippen LogP contribution in [0.3, 0.4) is 0 Å². The summed E-state index contributed by atoms with van der Waals surface area (Å²) in [5, 5.41) is 0.937. The third kappa shape index (κ3) is 1.30. The summed E-state index contributed by atoms with van der Waals surface area (Å²) in [5.41, 5.74) is 0.507. The Balaban J connectivity index is 2.76. The van der Waals surface area contributed by atoms with Crippen molar-refractivity contribution >= 4 is 10.9 Å². The minimum Gasteiger partial charge on any atom is -0.0554 e. The normalized spacial score (nSPS) is 40.8. The summed E-state index contributed by atoms with van der Waals surface area (Å²) in [4.78, 5) is 0. The minimum absolute atomic E-state index is 0.507. The minimum atomic E-state index is 0.507. The standard InChI is InChI=1S/C11H23S/c1-8-9(10(2,3)4)12(7)11(8,5)6/h8-9H,1-7H3/q+1/t8-,9+,12?/m1/s1. The fourth-order valence-electron chi connectivity index (χ4n) is 2.50. The first kappa shape index (κ1) is 10.4. The van der Waals surface area contributed by atoms with Gasteiger partial charge in [0.15, 0.2) is 0 Å². The predicted molar refractivity (Wildman–Crippen MR) is 59.8 cm³/mol. The number of hydrogen-bond acceptors (Lipinski definition) is 0. The van der Waals surface area contributed by atoms with Gasteiger partial charge in [0.2, 0.25) is 0 Å². The van der Waals surface area contributed by atoms with E-state index in [0.29, 0.717) is 21.1 Å². The molecule has 0 nitrogen and oxygen atoms in total. The van der Waals surface area contributed by atoms with E-state index in [1.54, 1.807) is 0 Å². The fraction of sp³-hybridized carbons (Fsp3) is 1.00. The Morgan fingerprint density at radius 3 is 1.75 bits per heavy atom. The maximum Gasteiger partial charge on any atom is 0.130 e. The van der Waals surface area contributed by atoms with Gasteiger partial charge in [0.05, 0.1) is 12.2 Å². The molecule has 1 heteroatoms. The van der Waals surface area contributed by atoms with Crippen LogP contribution in [0.15, 0.2) is 0 Å². The molecular weight excluding hydrogens is 164 g/mol. The molecule has 1 fully saturated rings. The molecule has 1 heterocycles. The average Bonchev–Trinajstić information content (AvgIpc) is 1.85. The van der Waals surface area contributed by atoms with Crippen LogP contribution in [0.4, 0.5) is 0 Å². The van der Waals surface area contributed by atoms with Crippen molar-refractivity contribution in [3.05, 3.63) is 0 Å². The Labute approximate surface area is 80.5 Å². The second-order valence-electron chi connectivity index (χ2n) is 5.74. The summed E-state index contributed by atoms with van der Waals surface area (Å²) in [6.07, 6.45) is 2.44. The molecule has 1 aliphatic heterocycles. The summed E-state index contributed by atoms with van der Waals surface area (Å²) < 4.78 is 0.595. The Morgan fingerprint density at radius 2 is 1.58 bits per heavy atom. The summed E-state index contributed by atoms with van der Waals surface area (Å²) >= 11 is 0. The van der Waals surface area contributed by atoms with Crippen LogP contribution < -0.4 is 0 Å². The number of rotatable bonds is 0. The highest BCUT2D eigenvalue weighted by atomic mass is 32.2. The summed E-state index contributed by atoms with van der Waals surface area (Å²) in [7, 11) is 0.610. The van der Waals surface area contributed by atoms with Gasteiger partial charge in [-0.3, -0.25) is 0 Å². The molecule has 3 atom stereocenters. The molecule has 0 radical (unpaired) electrons. The van der Waals surface area contributed by atoms with E-state index in [2.05, 4.69) is 47.8 Å². The molecule has 0 bridgehead atoms. The van der Waals surface area contributed by atoms with Gasteiger partial charge in [0, 0.05) is 5.41 Å². The van der Waals surface area contributed by atoms with Gasteiger partial charge < -0.3 is 0 Å². The van der Waals surface area contributed by atoms with Gasteiger partial charge in [-0.05, 0) is 24.7 Å². The zero-order chi connectivity index (χ0) is 9.73. The van der Waals surface area contributed by atoms with Crippen molar-refractivity contribution in [2.45, 2.75) is 51.5 Å². The molecule has 1 unspecified atom stereocenters. The Hall–Kier alpha value is 0.350. The van der Waals surface area contributed by atoms with E-state index in [1.165, 1.54) is 0 Å². The molecule has 1 aliphatic rings. The maximum atomic E-state index is 2.44. The van der Waals surface area contributed by atoms with Crippen LogP contribution in [-0.2, 0) is 10.9 Å². The Kier molecular flexibility index (Phi) is 2.32. The van der Waals surface area contributed by atoms with Gasteiger partial charge in [-0.1, -0.05) is 27.7 Å². The van der Waals surface area contributed by atoms with E-state index in [-0.39, 0.29) is 0 Å². The molecule has 0 saturated carbocycles. The van der Waals surface area contributed by atoms with Crippen LogP contribution in [0, 0.1) is 11.3 Å². The van der Waals surface area contributed by atoms with Crippen molar-refractivity contribution in [2.24, 2.45) is 11.3 Å². The first-order valence-corrected chi connectivity index (χ1v) is 6.53. The molecule has 72 valence electrons. The molecule has 0 aliphatic carbocycles. The van der Waals surface area contributed by atoms with Gasteiger partial charge in [-0.25, -0.2) is 0 Å². The largest absolute Gasteiger partial charge is 0.130 e. The second-order valence-corrected chi connectivity index (χ2v) is 8.41. The highest BCUT2D eigenvalue weighted by molar-refractivity contribution is 7.99. The van der Waals surface area contributed by atoms with Gasteiger partial charge >= 0.3 is 0 Å². The quantitative estimate of drug-likeness (QED) is 0.511. The highest BCUT2D eigenvalue weighted by Crippen LogP contribution is 2.52. The molecule has 1 saturated heterocycles. The zero-order valence-corrected chi connectivity index (χ0v) is 10.4. The van der Waals surface area contributed by atoms with Gasteiger partial charge in [0.25, 0.3) is 0 Å². The zero-order valence-electron chi connectivity index (χ0n) is 9.56. The van der Waals surface area contributed by atoms with Crippen LogP contribution in [0.2, 0.25) is 0 Å². The van der Waals surface area contributed by atoms with Crippen LogP contribution in [-0.4, -0.2) is 16.3 Å². The lowest BCUT2D eigenvalue weighted by molar-refractivity contribution is 0.248. The second kappa shape index (κ2) is 2.67. The lowest BCUT2D eigenvalue weighted by Crippen LogP contribution is -2.65. The lowest BCUT2D eigenvalue weighted by atomic mass is 9.78. The van der Waals surface area contributed by atoms with Crippen molar-refractivity contribution in [1.29, 1.82) is 0 Å². The van der Waals surface area contributed by atoms with Crippen molar-refractivity contribution in [2.75, 3.05) is 6.26 Å². The van der Waals surface area contributed by atoms with E-state index in [0.717, 1.165) is 11.2 Å². The van der Waals surface area contributed by atoms with E-state index < -0.39 is 0 Å². The van der Waals surface area contributed by atoms with Gasteiger partial charge in [0.1, 0.15) is 10.00 Å². The van der Waals surface area contributed by atoms with E-state index >= 15 is 0 Å². The molecular formula is C11H23S+. The Bertz CT molecular complexity index is 164. The third-order valence-electron chi connectivity index (χ3n) is 3.61. The molecule has 12 heavy (non-hydrogen) atoms. The number of hydrogen-bond donors (Lipinski definition) is 0. The third-order valence-corrected chi connectivity index (χ3v) is 7.52. The average molecular weight is 187 g/mol. The molecule has 0 aromatic carbocycles. The maximum absolute atomic E-state index is 2.44. The highest BCUT2D eigenvalue weighted by Gasteiger charge is 2.64. The van der Waals surface area contributed by atoms with Crippen molar-refractivity contribution < 1.29 is 0 Å². The predicted octanol–water partition coefficient (Wildman–Crippen LogP) is 3.08. The summed E-state index contributed by atoms with van der Waals surface area (Å²) in [6, 6.07) is 0. The molecule has 0 amide bonds. The first-order valence-electron chi connectivity index (χ1n) is 4.84. The lowest BCUT2D eigenvalue weighted by Gasteiger charge is -2.51. The van der Waals surface area contributed by atoms with Crippen molar-refractivity contribution in [3.63, 3.8) is 0 Å². The van der Waals surface area contributed by atoms with Crippen molar-refractivity contribution in [1.82, 2.24) is 0 Å².